The Morgan fingerprint density at radius 1 is 0.339 bits per heavy atom. The van der Waals surface area contributed by atoms with E-state index in [1.54, 1.807) is 0 Å². The van der Waals surface area contributed by atoms with Gasteiger partial charge in [-0.1, -0.05) is 178 Å². The van der Waals surface area contributed by atoms with Crippen LogP contribution in [0.3, 0.4) is 0 Å². The topological polar surface area (TPSA) is 78.9 Å². The zero-order chi connectivity index (χ0) is 43.0. The van der Waals surface area contributed by atoms with Gasteiger partial charge in [-0.05, 0) is 103 Å². The molecule has 0 heterocycles. The van der Waals surface area contributed by atoms with Gasteiger partial charge in [-0.25, -0.2) is 0 Å². The van der Waals surface area contributed by atoms with Gasteiger partial charge in [-0.3, -0.25) is 14.4 Å². The first-order chi connectivity index (χ1) is 29.0. The second-order valence-electron chi connectivity index (χ2n) is 16.4. The van der Waals surface area contributed by atoms with Crippen molar-refractivity contribution in [2.75, 3.05) is 13.2 Å². The van der Waals surface area contributed by atoms with Crippen LogP contribution in [-0.2, 0) is 28.6 Å². The van der Waals surface area contributed by atoms with Gasteiger partial charge in [-0.15, -0.1) is 0 Å². The lowest BCUT2D eigenvalue weighted by molar-refractivity contribution is -0.167. The minimum absolute atomic E-state index is 0.0941. The first-order valence-electron chi connectivity index (χ1n) is 24.8. The third-order valence-electron chi connectivity index (χ3n) is 10.5. The number of rotatable bonds is 44. The molecule has 0 aliphatic rings. The number of carbonyl (C=O) groups excluding carboxylic acids is 3. The average Bonchev–Trinajstić information content (AvgIpc) is 3.23. The molecule has 0 saturated carbocycles. The number of unbranched alkanes of at least 4 members (excludes halogenated alkanes) is 23. The van der Waals surface area contributed by atoms with E-state index in [1.807, 2.05) is 0 Å². The fraction of sp³-hybridized carbons (Fsp3) is 0.755. The minimum Gasteiger partial charge on any atom is -0.462 e. The molecule has 0 aromatic rings. The monoisotopic (exact) mass is 825 g/mol. The van der Waals surface area contributed by atoms with E-state index in [0.29, 0.717) is 19.3 Å². The van der Waals surface area contributed by atoms with E-state index in [0.717, 1.165) is 89.9 Å². The molecule has 6 nitrogen and oxygen atoms in total. The third kappa shape index (κ3) is 46.0. The highest BCUT2D eigenvalue weighted by Crippen LogP contribution is 2.13. The van der Waals surface area contributed by atoms with Gasteiger partial charge in [0.1, 0.15) is 13.2 Å². The Balaban J connectivity index is 4.44. The number of hydrogen-bond donors (Lipinski definition) is 0. The maximum absolute atomic E-state index is 12.7. The standard InChI is InChI=1S/C53H92O6/c1-4-7-10-13-16-19-22-24-26-28-31-33-36-39-42-45-51(54)57-48-50(59-53(56)47-44-41-38-35-30-21-18-15-12-9-6-3)49-58-52(55)46-43-40-37-34-32-29-27-25-23-20-17-14-11-8-5-2/h15-16,18-19,24-27,31,33,50H,4-14,17,20-23,28-30,32,34-49H2,1-3H3/b18-15-,19-16-,26-24-,27-25-,33-31-/t50-/m1/s1. The Morgan fingerprint density at radius 2 is 0.627 bits per heavy atom. The van der Waals surface area contributed by atoms with Gasteiger partial charge in [0.15, 0.2) is 6.10 Å². The molecule has 0 saturated heterocycles. The molecule has 0 amide bonds. The van der Waals surface area contributed by atoms with E-state index in [4.69, 9.17) is 14.2 Å². The van der Waals surface area contributed by atoms with Crippen LogP contribution in [0.1, 0.15) is 239 Å². The Kier molecular flexibility index (Phi) is 45.4. The molecule has 0 rings (SSSR count). The minimum atomic E-state index is -0.795. The SMILES string of the molecule is CCCC/C=C\CCCCCCCC(=O)O[C@H](COC(=O)CCCC/C=C\C/C=C\C/C=C\CCCCC)COC(=O)CCCCCCC/C=C\CCCCCCCC. The highest BCUT2D eigenvalue weighted by molar-refractivity contribution is 5.71. The molecule has 0 aromatic heterocycles. The molecule has 6 heteroatoms. The fourth-order valence-electron chi connectivity index (χ4n) is 6.66. The number of esters is 3. The number of ether oxygens (including phenoxy) is 3. The second kappa shape index (κ2) is 47.8. The predicted octanol–water partition coefficient (Wildman–Crippen LogP) is 16.1. The van der Waals surface area contributed by atoms with Crippen molar-refractivity contribution in [3.8, 4) is 0 Å². The van der Waals surface area contributed by atoms with Crippen LogP contribution in [0.4, 0.5) is 0 Å². The highest BCUT2D eigenvalue weighted by Gasteiger charge is 2.19. The van der Waals surface area contributed by atoms with Crippen molar-refractivity contribution in [1.29, 1.82) is 0 Å². The van der Waals surface area contributed by atoms with E-state index in [9.17, 15) is 14.4 Å². The van der Waals surface area contributed by atoms with Gasteiger partial charge in [0, 0.05) is 19.3 Å². The van der Waals surface area contributed by atoms with Gasteiger partial charge in [0.2, 0.25) is 0 Å². The van der Waals surface area contributed by atoms with Crippen molar-refractivity contribution in [2.24, 2.45) is 0 Å². The predicted molar refractivity (Wildman–Crippen MR) is 251 cm³/mol. The van der Waals surface area contributed by atoms with Crippen molar-refractivity contribution < 1.29 is 28.6 Å². The molecule has 340 valence electrons. The van der Waals surface area contributed by atoms with Gasteiger partial charge in [0.25, 0.3) is 0 Å². The van der Waals surface area contributed by atoms with Gasteiger partial charge in [-0.2, -0.15) is 0 Å². The molecule has 0 bridgehead atoms. The molecular formula is C53H92O6. The van der Waals surface area contributed by atoms with Crippen LogP contribution in [0.5, 0.6) is 0 Å². The summed E-state index contributed by atoms with van der Waals surface area (Å²) >= 11 is 0. The quantitative estimate of drug-likeness (QED) is 0.0263. The van der Waals surface area contributed by atoms with Crippen molar-refractivity contribution in [1.82, 2.24) is 0 Å². The van der Waals surface area contributed by atoms with E-state index in [-0.39, 0.29) is 31.1 Å². The lowest BCUT2D eigenvalue weighted by atomic mass is 10.1. The Bertz CT molecular complexity index is 1090. The first-order valence-corrected chi connectivity index (χ1v) is 24.8. The molecule has 0 aliphatic carbocycles. The Morgan fingerprint density at radius 3 is 1.08 bits per heavy atom. The van der Waals surface area contributed by atoms with Crippen LogP contribution in [-0.4, -0.2) is 37.2 Å². The Labute approximate surface area is 364 Å². The summed E-state index contributed by atoms with van der Waals surface area (Å²) in [5, 5.41) is 0. The summed E-state index contributed by atoms with van der Waals surface area (Å²) in [4.78, 5) is 37.8. The lowest BCUT2D eigenvalue weighted by Crippen LogP contribution is -2.30. The number of carbonyl (C=O) groups is 3. The number of hydrogen-bond acceptors (Lipinski definition) is 6. The molecule has 0 N–H and O–H groups in total. The van der Waals surface area contributed by atoms with Crippen molar-refractivity contribution in [2.45, 2.75) is 245 Å². The summed E-state index contributed by atoms with van der Waals surface area (Å²) in [7, 11) is 0. The fourth-order valence-corrected chi connectivity index (χ4v) is 6.66. The van der Waals surface area contributed by atoms with Crippen LogP contribution in [0.15, 0.2) is 60.8 Å². The summed E-state index contributed by atoms with van der Waals surface area (Å²) in [5.74, 6) is -0.951. The van der Waals surface area contributed by atoms with E-state index < -0.39 is 6.10 Å². The lowest BCUT2D eigenvalue weighted by Gasteiger charge is -2.18. The zero-order valence-corrected chi connectivity index (χ0v) is 38.8. The summed E-state index contributed by atoms with van der Waals surface area (Å²) in [6.07, 6.45) is 57.7. The van der Waals surface area contributed by atoms with Gasteiger partial charge >= 0.3 is 17.9 Å². The largest absolute Gasteiger partial charge is 0.462 e. The van der Waals surface area contributed by atoms with Crippen LogP contribution in [0.2, 0.25) is 0 Å². The maximum atomic E-state index is 12.7. The molecule has 0 radical (unpaired) electrons. The zero-order valence-electron chi connectivity index (χ0n) is 38.8. The second-order valence-corrected chi connectivity index (χ2v) is 16.4. The van der Waals surface area contributed by atoms with E-state index in [1.165, 1.54) is 109 Å². The summed E-state index contributed by atoms with van der Waals surface area (Å²) in [6, 6.07) is 0. The molecule has 1 atom stereocenters. The van der Waals surface area contributed by atoms with Crippen molar-refractivity contribution in [3.05, 3.63) is 60.8 Å². The molecule has 0 unspecified atom stereocenters. The molecule has 0 spiro atoms. The summed E-state index contributed by atoms with van der Waals surface area (Å²) in [5.41, 5.74) is 0. The summed E-state index contributed by atoms with van der Waals surface area (Å²) < 4.78 is 16.7. The normalized spacial score (nSPS) is 12.5. The average molecular weight is 825 g/mol. The van der Waals surface area contributed by atoms with Gasteiger partial charge in [0.05, 0.1) is 0 Å². The number of allylic oxidation sites excluding steroid dienone is 10. The van der Waals surface area contributed by atoms with Crippen LogP contribution in [0, 0.1) is 0 Å². The van der Waals surface area contributed by atoms with Crippen LogP contribution < -0.4 is 0 Å². The summed E-state index contributed by atoms with van der Waals surface area (Å²) in [6.45, 7) is 6.51. The van der Waals surface area contributed by atoms with Crippen LogP contribution >= 0.6 is 0 Å². The highest BCUT2D eigenvalue weighted by atomic mass is 16.6. The maximum Gasteiger partial charge on any atom is 0.306 e. The molecular weight excluding hydrogens is 733 g/mol. The van der Waals surface area contributed by atoms with Crippen molar-refractivity contribution >= 4 is 17.9 Å². The molecule has 0 aliphatic heterocycles. The molecule has 0 fully saturated rings. The molecule has 0 aromatic carbocycles. The molecule has 59 heavy (non-hydrogen) atoms. The van der Waals surface area contributed by atoms with Crippen LogP contribution in [0.25, 0.3) is 0 Å². The third-order valence-corrected chi connectivity index (χ3v) is 10.5. The van der Waals surface area contributed by atoms with Gasteiger partial charge < -0.3 is 14.2 Å². The Hall–Kier alpha value is -2.89. The van der Waals surface area contributed by atoms with E-state index >= 15 is 0 Å². The first kappa shape index (κ1) is 56.1. The van der Waals surface area contributed by atoms with E-state index in [2.05, 4.69) is 81.5 Å². The van der Waals surface area contributed by atoms with Crippen molar-refractivity contribution in [3.63, 3.8) is 0 Å². The smallest absolute Gasteiger partial charge is 0.306 e.